The van der Waals surface area contributed by atoms with E-state index < -0.39 is 79.0 Å². The first-order valence-corrected chi connectivity index (χ1v) is 16.8. The summed E-state index contributed by atoms with van der Waals surface area (Å²) >= 11 is 0. The van der Waals surface area contributed by atoms with Gasteiger partial charge in [-0.2, -0.15) is 13.2 Å². The van der Waals surface area contributed by atoms with E-state index in [0.29, 0.717) is 12.5 Å². The Morgan fingerprint density at radius 2 is 1.54 bits per heavy atom. The van der Waals surface area contributed by atoms with Gasteiger partial charge in [-0.15, -0.1) is 0 Å². The van der Waals surface area contributed by atoms with Gasteiger partial charge in [0.2, 0.25) is 17.7 Å². The summed E-state index contributed by atoms with van der Waals surface area (Å²) in [5.41, 5.74) is -0.122. The minimum Gasteiger partial charge on any atom is -0.467 e. The molecule has 48 heavy (non-hydrogen) atoms. The van der Waals surface area contributed by atoms with Crippen molar-refractivity contribution < 1.29 is 51.7 Å². The third-order valence-corrected chi connectivity index (χ3v) is 8.22. The summed E-state index contributed by atoms with van der Waals surface area (Å²) in [6.45, 7) is 8.33. The zero-order valence-corrected chi connectivity index (χ0v) is 28.9. The maximum Gasteiger partial charge on any atom is 0.406 e. The Bertz CT molecular complexity index is 1110. The highest BCUT2D eigenvalue weighted by Crippen LogP contribution is 2.25. The van der Waals surface area contributed by atoms with E-state index in [1.807, 2.05) is 5.32 Å². The van der Waals surface area contributed by atoms with Gasteiger partial charge >= 0.3 is 18.1 Å². The summed E-state index contributed by atoms with van der Waals surface area (Å²) < 4.78 is 49.8. The molecule has 5 atom stereocenters. The lowest BCUT2D eigenvalue weighted by Crippen LogP contribution is -2.56. The Labute approximate surface area is 282 Å². The third-order valence-electron chi connectivity index (χ3n) is 8.22. The van der Waals surface area contributed by atoms with E-state index in [-0.39, 0.29) is 10.6 Å². The van der Waals surface area contributed by atoms with Crippen LogP contribution < -0.4 is 10.6 Å². The second-order valence-electron chi connectivity index (χ2n) is 13.0. The van der Waals surface area contributed by atoms with Crippen LogP contribution in [-0.2, 0) is 33.4 Å². The number of methoxy groups -OCH3 is 1. The van der Waals surface area contributed by atoms with Gasteiger partial charge in [0.15, 0.2) is 12.1 Å². The number of allylic oxidation sites excluding steroid dienone is 1. The lowest BCUT2D eigenvalue weighted by Gasteiger charge is -2.31. The average molecular weight is 690 g/mol. The van der Waals surface area contributed by atoms with Crippen molar-refractivity contribution in [3.63, 3.8) is 0 Å². The maximum absolute atomic E-state index is 13.4. The van der Waals surface area contributed by atoms with E-state index in [4.69, 9.17) is 4.74 Å². The van der Waals surface area contributed by atoms with Gasteiger partial charge in [0.25, 0.3) is 0 Å². The number of unbranched alkanes of at least 4 members (excludes halogenated alkanes) is 8. The number of rotatable bonds is 16. The molecule has 0 unspecified atom stereocenters. The quantitative estimate of drug-likeness (QED) is 0.156. The number of esters is 2. The van der Waals surface area contributed by atoms with Gasteiger partial charge in [-0.25, -0.2) is 9.59 Å². The van der Waals surface area contributed by atoms with Crippen LogP contribution in [0.4, 0.5) is 13.2 Å². The molecule has 1 heterocycles. The summed E-state index contributed by atoms with van der Waals surface area (Å²) in [7, 11) is 0.916. The van der Waals surface area contributed by atoms with Gasteiger partial charge in [0.1, 0.15) is 19.2 Å². The zero-order chi connectivity index (χ0) is 36.4. The van der Waals surface area contributed by atoms with E-state index in [9.17, 15) is 42.3 Å². The van der Waals surface area contributed by atoms with Gasteiger partial charge in [-0.3, -0.25) is 14.4 Å². The van der Waals surface area contributed by atoms with Crippen molar-refractivity contribution in [3.8, 4) is 0 Å². The molecule has 3 N–H and O–H groups in total. The highest BCUT2D eigenvalue weighted by atomic mass is 19.4. The molecule has 0 bridgehead atoms. The predicted octanol–water partition coefficient (Wildman–Crippen LogP) is 4.73. The SMILES string of the molecule is C=C1/C=C/C(=O)N(CC(F)(F)F)CC(=O)N[C@@H]([C@H](O)C(=O)OC)C(=O)O[C@@H]([C@H](C)CCCCCCCCCCCC(C)C)[C@H](C)C(=O)N1. The van der Waals surface area contributed by atoms with Crippen LogP contribution in [0.3, 0.4) is 0 Å². The Hall–Kier alpha value is -3.42. The molecule has 0 aromatic carbocycles. The number of nitrogens with one attached hydrogen (secondary N) is 2. The molecule has 1 aliphatic rings. The predicted molar refractivity (Wildman–Crippen MR) is 173 cm³/mol. The largest absolute Gasteiger partial charge is 0.467 e. The Kier molecular flexibility index (Phi) is 19.1. The number of hydrogen-bond donors (Lipinski definition) is 3. The summed E-state index contributed by atoms with van der Waals surface area (Å²) in [5.74, 6) is -6.52. The number of hydrogen-bond acceptors (Lipinski definition) is 8. The lowest BCUT2D eigenvalue weighted by atomic mass is 9.88. The number of ether oxygens (including phenoxy) is 2. The van der Waals surface area contributed by atoms with Crippen LogP contribution in [0.5, 0.6) is 0 Å². The normalized spacial score (nSPS) is 22.2. The number of amides is 3. The summed E-state index contributed by atoms with van der Waals surface area (Å²) in [6, 6.07) is -2.11. The minimum atomic E-state index is -4.90. The second-order valence-corrected chi connectivity index (χ2v) is 13.0. The fraction of sp³-hybridized carbons (Fsp3) is 0.735. The summed E-state index contributed by atoms with van der Waals surface area (Å²) in [6.07, 6.45) is 5.13. The van der Waals surface area contributed by atoms with Crippen LogP contribution in [0, 0.1) is 17.8 Å². The third kappa shape index (κ3) is 16.6. The van der Waals surface area contributed by atoms with Gasteiger partial charge < -0.3 is 30.1 Å². The number of carbonyl (C=O) groups excluding carboxylic acids is 5. The van der Waals surface area contributed by atoms with Crippen LogP contribution in [0.15, 0.2) is 24.4 Å². The van der Waals surface area contributed by atoms with Crippen LogP contribution in [-0.4, -0.2) is 84.3 Å². The molecule has 0 aliphatic carbocycles. The number of cyclic esters (lactones) is 1. The topological polar surface area (TPSA) is 151 Å². The molecular weight excluding hydrogens is 635 g/mol. The standard InChI is InChI=1S/C34H54F3N3O8/c1-22(2)16-14-12-10-8-7-9-11-13-15-17-23(3)30-25(5)31(44)38-24(4)18-19-27(42)40(21-34(35,36)37)20-26(41)39-28(32(45)48-30)29(43)33(46)47-6/h18-19,22-23,25,28-30,43H,4,7-17,20-21H2,1-3,5-6H3,(H,38,44)(H,39,41)/b19-18+/t23-,25+,28+,29+,30+/m1/s1. The average Bonchev–Trinajstić information content (AvgIpc) is 3.00. The van der Waals surface area contributed by atoms with Crippen LogP contribution in [0.1, 0.15) is 98.3 Å². The van der Waals surface area contributed by atoms with Crippen molar-refractivity contribution in [1.82, 2.24) is 15.5 Å². The Morgan fingerprint density at radius 1 is 1.00 bits per heavy atom. The number of nitrogens with zero attached hydrogens (tertiary/aromatic N) is 1. The fourth-order valence-corrected chi connectivity index (χ4v) is 5.42. The maximum atomic E-state index is 13.4. The van der Waals surface area contributed by atoms with Crippen molar-refractivity contribution in [2.75, 3.05) is 20.2 Å². The van der Waals surface area contributed by atoms with Gasteiger partial charge in [-0.05, 0) is 24.3 Å². The van der Waals surface area contributed by atoms with Crippen molar-refractivity contribution in [2.45, 2.75) is 123 Å². The molecule has 0 saturated heterocycles. The molecule has 0 saturated carbocycles. The Morgan fingerprint density at radius 3 is 2.06 bits per heavy atom. The highest BCUT2D eigenvalue weighted by Gasteiger charge is 2.41. The first-order chi connectivity index (χ1) is 22.5. The monoisotopic (exact) mass is 689 g/mol. The highest BCUT2D eigenvalue weighted by molar-refractivity contribution is 5.94. The molecule has 0 aromatic rings. The van der Waals surface area contributed by atoms with E-state index in [1.165, 1.54) is 39.0 Å². The fourth-order valence-electron chi connectivity index (χ4n) is 5.42. The molecule has 274 valence electrons. The molecule has 0 spiro atoms. The molecule has 0 aromatic heterocycles. The van der Waals surface area contributed by atoms with E-state index in [1.54, 1.807) is 6.92 Å². The van der Waals surface area contributed by atoms with Crippen LogP contribution in [0.25, 0.3) is 0 Å². The van der Waals surface area contributed by atoms with E-state index in [2.05, 4.69) is 30.5 Å². The van der Waals surface area contributed by atoms with Gasteiger partial charge in [-0.1, -0.05) is 98.5 Å². The number of aliphatic hydroxyl groups is 1. The van der Waals surface area contributed by atoms with E-state index in [0.717, 1.165) is 51.2 Å². The first-order valence-electron chi connectivity index (χ1n) is 16.8. The minimum absolute atomic E-state index is 0.122. The summed E-state index contributed by atoms with van der Waals surface area (Å²) in [5, 5.41) is 15.0. The van der Waals surface area contributed by atoms with Crippen molar-refractivity contribution >= 4 is 29.7 Å². The van der Waals surface area contributed by atoms with Crippen LogP contribution in [0.2, 0.25) is 0 Å². The number of carbonyl (C=O) groups is 5. The number of halogens is 3. The van der Waals surface area contributed by atoms with Gasteiger partial charge in [0, 0.05) is 11.8 Å². The Balaban J connectivity index is 3.10. The molecule has 11 nitrogen and oxygen atoms in total. The number of aliphatic hydroxyl groups excluding tert-OH is 1. The number of alkyl halides is 3. The molecule has 1 aliphatic heterocycles. The van der Waals surface area contributed by atoms with Crippen LogP contribution >= 0.6 is 0 Å². The summed E-state index contributed by atoms with van der Waals surface area (Å²) in [4.78, 5) is 64.3. The first kappa shape index (κ1) is 42.6. The van der Waals surface area contributed by atoms with Gasteiger partial charge in [0.05, 0.1) is 13.0 Å². The molecule has 3 amide bonds. The molecule has 14 heteroatoms. The van der Waals surface area contributed by atoms with Crippen molar-refractivity contribution in [3.05, 3.63) is 24.4 Å². The van der Waals surface area contributed by atoms with E-state index >= 15 is 0 Å². The molecular formula is C34H54F3N3O8. The smallest absolute Gasteiger partial charge is 0.406 e. The van der Waals surface area contributed by atoms with Crippen molar-refractivity contribution in [2.24, 2.45) is 17.8 Å². The van der Waals surface area contributed by atoms with Crippen molar-refractivity contribution in [1.29, 1.82) is 0 Å². The molecule has 0 fully saturated rings. The zero-order valence-electron chi connectivity index (χ0n) is 28.9. The second kappa shape index (κ2) is 21.5. The molecule has 0 radical (unpaired) electrons. The molecule has 1 rings (SSSR count). The lowest BCUT2D eigenvalue weighted by molar-refractivity contribution is -0.170.